The van der Waals surface area contributed by atoms with Gasteiger partial charge in [-0.15, -0.1) is 11.3 Å². The molecule has 6 nitrogen and oxygen atoms in total. The molecule has 0 radical (unpaired) electrons. The lowest BCUT2D eigenvalue weighted by Crippen LogP contribution is -2.59. The largest absolute Gasteiger partial charge is 0.368 e. The van der Waals surface area contributed by atoms with Gasteiger partial charge in [-0.3, -0.25) is 4.79 Å². The Balaban J connectivity index is 1.83. The molecular formula is C11H16N4O2S. The first kappa shape index (κ1) is 12.8. The Morgan fingerprint density at radius 2 is 2.44 bits per heavy atom. The zero-order valence-corrected chi connectivity index (χ0v) is 10.7. The van der Waals surface area contributed by atoms with Crippen LogP contribution < -0.4 is 16.4 Å². The average molecular weight is 268 g/mol. The highest BCUT2D eigenvalue weighted by atomic mass is 32.1. The van der Waals surface area contributed by atoms with E-state index in [2.05, 4.69) is 10.6 Å². The smallest absolute Gasteiger partial charge is 0.317 e. The van der Waals surface area contributed by atoms with Gasteiger partial charge in [0.25, 0.3) is 0 Å². The maximum absolute atomic E-state index is 11.9. The molecule has 2 rings (SSSR count). The van der Waals surface area contributed by atoms with E-state index in [4.69, 9.17) is 5.73 Å². The summed E-state index contributed by atoms with van der Waals surface area (Å²) < 4.78 is 0. The van der Waals surface area contributed by atoms with Crippen LogP contribution in [-0.2, 0) is 11.3 Å². The van der Waals surface area contributed by atoms with Crippen LogP contribution in [-0.4, -0.2) is 42.5 Å². The van der Waals surface area contributed by atoms with Crippen molar-refractivity contribution in [3.05, 3.63) is 22.4 Å². The molecule has 1 aliphatic rings. The number of carbonyl (C=O) groups is 2. The number of nitrogens with zero attached hydrogens (tertiary/aromatic N) is 1. The van der Waals surface area contributed by atoms with E-state index in [1.54, 1.807) is 16.2 Å². The van der Waals surface area contributed by atoms with Gasteiger partial charge in [0.05, 0.1) is 6.54 Å². The lowest BCUT2D eigenvalue weighted by atomic mass is 10.2. The molecule has 4 N–H and O–H groups in total. The van der Waals surface area contributed by atoms with Crippen LogP contribution in [0.5, 0.6) is 0 Å². The predicted molar refractivity (Wildman–Crippen MR) is 69.1 cm³/mol. The molecule has 7 heteroatoms. The van der Waals surface area contributed by atoms with Crippen molar-refractivity contribution in [1.82, 2.24) is 15.5 Å². The van der Waals surface area contributed by atoms with Gasteiger partial charge >= 0.3 is 6.03 Å². The van der Waals surface area contributed by atoms with E-state index >= 15 is 0 Å². The van der Waals surface area contributed by atoms with Crippen LogP contribution in [0.2, 0.25) is 0 Å². The molecule has 1 atom stereocenters. The van der Waals surface area contributed by atoms with Crippen molar-refractivity contribution in [3.63, 3.8) is 0 Å². The average Bonchev–Trinajstić information content (AvgIpc) is 2.89. The van der Waals surface area contributed by atoms with Gasteiger partial charge in [0.1, 0.15) is 6.04 Å². The fraction of sp³-hybridized carbons (Fsp3) is 0.455. The summed E-state index contributed by atoms with van der Waals surface area (Å²) in [4.78, 5) is 25.7. The molecule has 0 spiro atoms. The van der Waals surface area contributed by atoms with Gasteiger partial charge in [-0.05, 0) is 11.4 Å². The molecule has 1 aliphatic heterocycles. The second kappa shape index (κ2) is 5.83. The van der Waals surface area contributed by atoms with E-state index < -0.39 is 11.9 Å². The SMILES string of the molecule is NC(=O)C1CN(C(=O)NCc2cccs2)CCN1. The second-order valence-electron chi connectivity index (χ2n) is 4.09. The second-order valence-corrected chi connectivity index (χ2v) is 5.13. The molecule has 0 saturated carbocycles. The van der Waals surface area contributed by atoms with Crippen molar-refractivity contribution in [2.45, 2.75) is 12.6 Å². The number of nitrogens with one attached hydrogen (secondary N) is 2. The Kier molecular flexibility index (Phi) is 4.16. The number of primary amides is 1. The van der Waals surface area contributed by atoms with Crippen molar-refractivity contribution in [2.24, 2.45) is 5.73 Å². The molecule has 0 bridgehead atoms. The third kappa shape index (κ3) is 3.21. The molecule has 2 heterocycles. The third-order valence-electron chi connectivity index (χ3n) is 2.80. The number of amides is 3. The van der Waals surface area contributed by atoms with Gasteiger partial charge in [-0.25, -0.2) is 4.79 Å². The molecule has 98 valence electrons. The van der Waals surface area contributed by atoms with Gasteiger partial charge in [0.2, 0.25) is 5.91 Å². The first-order valence-corrected chi connectivity index (χ1v) is 6.62. The van der Waals surface area contributed by atoms with E-state index in [9.17, 15) is 9.59 Å². The summed E-state index contributed by atoms with van der Waals surface area (Å²) in [6, 6.07) is 3.30. The normalized spacial score (nSPS) is 19.6. The minimum atomic E-state index is -0.453. The summed E-state index contributed by atoms with van der Waals surface area (Å²) in [6.45, 7) is 2.01. The molecule has 18 heavy (non-hydrogen) atoms. The van der Waals surface area contributed by atoms with Gasteiger partial charge < -0.3 is 21.3 Å². The van der Waals surface area contributed by atoms with E-state index in [0.29, 0.717) is 26.2 Å². The van der Waals surface area contributed by atoms with Crippen molar-refractivity contribution in [2.75, 3.05) is 19.6 Å². The molecule has 1 aromatic rings. The van der Waals surface area contributed by atoms with Crippen LogP contribution in [0, 0.1) is 0 Å². The van der Waals surface area contributed by atoms with E-state index in [-0.39, 0.29) is 6.03 Å². The quantitative estimate of drug-likeness (QED) is 0.704. The maximum Gasteiger partial charge on any atom is 0.317 e. The highest BCUT2D eigenvalue weighted by Crippen LogP contribution is 2.08. The van der Waals surface area contributed by atoms with Gasteiger partial charge in [-0.2, -0.15) is 0 Å². The van der Waals surface area contributed by atoms with Crippen LogP contribution >= 0.6 is 11.3 Å². The molecule has 3 amide bonds. The first-order valence-electron chi connectivity index (χ1n) is 5.74. The molecule has 1 unspecified atom stereocenters. The minimum Gasteiger partial charge on any atom is -0.368 e. The molecule has 0 aliphatic carbocycles. The molecule has 1 aromatic heterocycles. The van der Waals surface area contributed by atoms with Crippen LogP contribution in [0.3, 0.4) is 0 Å². The van der Waals surface area contributed by atoms with E-state index in [1.807, 2.05) is 17.5 Å². The number of thiophene rings is 1. The number of urea groups is 1. The predicted octanol–water partition coefficient (Wildman–Crippen LogP) is -0.283. The Morgan fingerprint density at radius 3 is 3.11 bits per heavy atom. The van der Waals surface area contributed by atoms with Gasteiger partial charge in [0.15, 0.2) is 0 Å². The monoisotopic (exact) mass is 268 g/mol. The number of nitrogens with two attached hydrogens (primary N) is 1. The summed E-state index contributed by atoms with van der Waals surface area (Å²) >= 11 is 1.60. The number of hydrogen-bond acceptors (Lipinski definition) is 4. The summed E-state index contributed by atoms with van der Waals surface area (Å²) in [7, 11) is 0. The van der Waals surface area contributed by atoms with Crippen molar-refractivity contribution < 1.29 is 9.59 Å². The van der Waals surface area contributed by atoms with Crippen LogP contribution in [0.15, 0.2) is 17.5 Å². The lowest BCUT2D eigenvalue weighted by molar-refractivity contribution is -0.120. The van der Waals surface area contributed by atoms with Crippen LogP contribution in [0.1, 0.15) is 4.88 Å². The number of piperazine rings is 1. The summed E-state index contributed by atoms with van der Waals surface area (Å²) in [6.07, 6.45) is 0. The summed E-state index contributed by atoms with van der Waals surface area (Å²) in [5.41, 5.74) is 5.22. The summed E-state index contributed by atoms with van der Waals surface area (Å²) in [5.74, 6) is -0.425. The fourth-order valence-corrected chi connectivity index (χ4v) is 2.46. The van der Waals surface area contributed by atoms with Crippen LogP contribution in [0.25, 0.3) is 0 Å². The molecular weight excluding hydrogens is 252 g/mol. The van der Waals surface area contributed by atoms with Crippen molar-refractivity contribution in [3.8, 4) is 0 Å². The Bertz CT molecular complexity index is 421. The van der Waals surface area contributed by atoms with Crippen LogP contribution in [0.4, 0.5) is 4.79 Å². The third-order valence-corrected chi connectivity index (χ3v) is 3.68. The highest BCUT2D eigenvalue weighted by molar-refractivity contribution is 7.09. The minimum absolute atomic E-state index is 0.156. The number of hydrogen-bond donors (Lipinski definition) is 3. The highest BCUT2D eigenvalue weighted by Gasteiger charge is 2.26. The Labute approximate surface area is 109 Å². The lowest BCUT2D eigenvalue weighted by Gasteiger charge is -2.32. The van der Waals surface area contributed by atoms with Gasteiger partial charge in [-0.1, -0.05) is 6.07 Å². The molecule has 0 aromatic carbocycles. The topological polar surface area (TPSA) is 87.5 Å². The first-order chi connectivity index (χ1) is 8.66. The molecule has 1 fully saturated rings. The zero-order valence-electron chi connectivity index (χ0n) is 9.89. The van der Waals surface area contributed by atoms with Crippen molar-refractivity contribution >= 4 is 23.3 Å². The number of rotatable bonds is 3. The van der Waals surface area contributed by atoms with E-state index in [0.717, 1.165) is 4.88 Å². The standard InChI is InChI=1S/C11H16N4O2S/c12-10(16)9-7-15(4-3-13-9)11(17)14-6-8-2-1-5-18-8/h1-2,5,9,13H,3-4,6-7H2,(H2,12,16)(H,14,17). The Hall–Kier alpha value is -1.60. The number of carbonyl (C=O) groups excluding carboxylic acids is 2. The van der Waals surface area contributed by atoms with E-state index in [1.165, 1.54) is 0 Å². The molecule has 1 saturated heterocycles. The Morgan fingerprint density at radius 1 is 1.61 bits per heavy atom. The summed E-state index contributed by atoms with van der Waals surface area (Å²) in [5, 5.41) is 7.78. The van der Waals surface area contributed by atoms with Crippen molar-refractivity contribution in [1.29, 1.82) is 0 Å². The van der Waals surface area contributed by atoms with Gasteiger partial charge in [0, 0.05) is 24.5 Å². The maximum atomic E-state index is 11.9. The zero-order chi connectivity index (χ0) is 13.0. The fourth-order valence-electron chi connectivity index (χ4n) is 1.81.